The third kappa shape index (κ3) is 3.87. The normalized spacial score (nSPS) is 46.0. The van der Waals surface area contributed by atoms with Crippen LogP contribution < -0.4 is 0 Å². The third-order valence-corrected chi connectivity index (χ3v) is 9.64. The number of allylic oxidation sites excluding steroid dienone is 1. The van der Waals surface area contributed by atoms with E-state index in [1.54, 1.807) is 0 Å². The Labute approximate surface area is 189 Å². The van der Waals surface area contributed by atoms with Gasteiger partial charge in [0.15, 0.2) is 0 Å². The first-order valence-corrected chi connectivity index (χ1v) is 12.1. The molecule has 0 aliphatic heterocycles. The van der Waals surface area contributed by atoms with Crippen molar-refractivity contribution in [3.63, 3.8) is 0 Å². The van der Waals surface area contributed by atoms with Gasteiger partial charge in [-0.25, -0.2) is 0 Å². The number of fused-ring (bicyclic) bond motifs is 3. The van der Waals surface area contributed by atoms with Gasteiger partial charge in [0.1, 0.15) is 12.2 Å². The highest BCUT2D eigenvalue weighted by molar-refractivity contribution is 9.09. The fraction of sp³-hybridized carbons (Fsp3) is 0.833. The van der Waals surface area contributed by atoms with E-state index in [2.05, 4.69) is 43.3 Å². The Hall–Kier alpha value is -0.880. The summed E-state index contributed by atoms with van der Waals surface area (Å²) in [6.07, 6.45) is 2.21. The Morgan fingerprint density at radius 1 is 1.20 bits per heavy atom. The van der Waals surface area contributed by atoms with Gasteiger partial charge in [0, 0.05) is 36.4 Å². The zero-order valence-electron chi connectivity index (χ0n) is 19.1. The molecule has 0 saturated heterocycles. The molecule has 0 heterocycles. The summed E-state index contributed by atoms with van der Waals surface area (Å²) in [5.41, 5.74) is -0.191. The van der Waals surface area contributed by atoms with Crippen molar-refractivity contribution in [2.75, 3.05) is 0 Å². The molecule has 6 heteroatoms. The molecule has 0 bridgehead atoms. The minimum absolute atomic E-state index is 0.0614. The summed E-state index contributed by atoms with van der Waals surface area (Å²) in [5.74, 6) is -0.111. The van der Waals surface area contributed by atoms with Crippen molar-refractivity contribution >= 4 is 27.9 Å². The summed E-state index contributed by atoms with van der Waals surface area (Å²) < 4.78 is 11.7. The van der Waals surface area contributed by atoms with Crippen LogP contribution in [0.4, 0.5) is 0 Å². The summed E-state index contributed by atoms with van der Waals surface area (Å²) in [5, 5.41) is 11.6. The monoisotopic (exact) mass is 484 g/mol. The molecule has 0 aromatic heterocycles. The molecule has 3 saturated carbocycles. The topological polar surface area (TPSA) is 72.8 Å². The number of esters is 2. The van der Waals surface area contributed by atoms with Gasteiger partial charge in [-0.3, -0.25) is 9.59 Å². The predicted octanol–water partition coefficient (Wildman–Crippen LogP) is 4.65. The van der Waals surface area contributed by atoms with Gasteiger partial charge >= 0.3 is 11.9 Å². The van der Waals surface area contributed by atoms with Crippen LogP contribution in [0.25, 0.3) is 0 Å². The minimum Gasteiger partial charge on any atom is -0.462 e. The zero-order chi connectivity index (χ0) is 22.6. The highest BCUT2D eigenvalue weighted by Gasteiger charge is 2.66. The molecule has 1 N–H and O–H groups in total. The molecule has 3 aliphatic carbocycles. The quantitative estimate of drug-likeness (QED) is 0.358. The number of hydrogen-bond acceptors (Lipinski definition) is 5. The number of aliphatic hydroxyl groups is 1. The van der Waals surface area contributed by atoms with Crippen LogP contribution >= 0.6 is 15.9 Å². The van der Waals surface area contributed by atoms with Gasteiger partial charge in [0.25, 0.3) is 0 Å². The van der Waals surface area contributed by atoms with Crippen molar-refractivity contribution in [3.8, 4) is 0 Å². The molecule has 0 radical (unpaired) electrons. The highest BCUT2D eigenvalue weighted by atomic mass is 79.9. The molecule has 0 spiro atoms. The second-order valence-corrected chi connectivity index (χ2v) is 11.7. The van der Waals surface area contributed by atoms with E-state index in [1.807, 2.05) is 6.92 Å². The first kappa shape index (κ1) is 23.8. The fourth-order valence-electron chi connectivity index (χ4n) is 7.06. The molecular weight excluding hydrogens is 448 g/mol. The van der Waals surface area contributed by atoms with E-state index in [9.17, 15) is 14.7 Å². The summed E-state index contributed by atoms with van der Waals surface area (Å²) in [6, 6.07) is 0. The number of carbonyl (C=O) groups excluding carboxylic acids is 2. The molecule has 3 aliphatic rings. The summed E-state index contributed by atoms with van der Waals surface area (Å²) in [4.78, 5) is 24.1. The van der Waals surface area contributed by atoms with E-state index in [-0.39, 0.29) is 64.0 Å². The Bertz CT molecular complexity index is 716. The molecule has 3 rings (SSSR count). The molecule has 30 heavy (non-hydrogen) atoms. The molecule has 9 unspecified atom stereocenters. The van der Waals surface area contributed by atoms with Gasteiger partial charge in [-0.1, -0.05) is 48.9 Å². The van der Waals surface area contributed by atoms with E-state index < -0.39 is 5.60 Å². The van der Waals surface area contributed by atoms with Crippen LogP contribution in [0.15, 0.2) is 12.2 Å². The van der Waals surface area contributed by atoms with Crippen LogP contribution in [0.1, 0.15) is 67.2 Å². The van der Waals surface area contributed by atoms with Gasteiger partial charge in [-0.05, 0) is 49.9 Å². The number of hydrogen-bond donors (Lipinski definition) is 1. The SMILES string of the molecule is C=C1CCC(Br)C2(C)C(OC(C)=O)CC3C(C(C(C)C)C(OC(C)=O)CC3(C)O)C12. The van der Waals surface area contributed by atoms with Gasteiger partial charge in [0.05, 0.1) is 5.60 Å². The van der Waals surface area contributed by atoms with Crippen molar-refractivity contribution < 1.29 is 24.2 Å². The number of rotatable bonds is 3. The fourth-order valence-corrected chi connectivity index (χ4v) is 7.87. The van der Waals surface area contributed by atoms with Crippen LogP contribution in [0.2, 0.25) is 0 Å². The molecule has 0 aromatic rings. The maximum atomic E-state index is 12.0. The minimum atomic E-state index is -1.02. The van der Waals surface area contributed by atoms with E-state index in [4.69, 9.17) is 9.47 Å². The average Bonchev–Trinajstić information content (AvgIpc) is 2.58. The third-order valence-electron chi connectivity index (χ3n) is 8.20. The van der Waals surface area contributed by atoms with Crippen LogP contribution in [0.5, 0.6) is 0 Å². The maximum absolute atomic E-state index is 12.0. The van der Waals surface area contributed by atoms with Gasteiger partial charge in [0.2, 0.25) is 0 Å². The van der Waals surface area contributed by atoms with Crippen LogP contribution in [0.3, 0.4) is 0 Å². The highest BCUT2D eigenvalue weighted by Crippen LogP contribution is 2.65. The second kappa shape index (κ2) is 8.23. The van der Waals surface area contributed by atoms with Crippen molar-refractivity contribution in [1.82, 2.24) is 0 Å². The van der Waals surface area contributed by atoms with Gasteiger partial charge in [-0.2, -0.15) is 0 Å². The molecule has 0 amide bonds. The lowest BCUT2D eigenvalue weighted by atomic mass is 9.43. The molecule has 9 atom stereocenters. The van der Waals surface area contributed by atoms with Gasteiger partial charge < -0.3 is 14.6 Å². The Morgan fingerprint density at radius 3 is 2.33 bits per heavy atom. The smallest absolute Gasteiger partial charge is 0.302 e. The zero-order valence-corrected chi connectivity index (χ0v) is 20.7. The summed E-state index contributed by atoms with van der Waals surface area (Å²) in [7, 11) is 0. The number of ether oxygens (including phenoxy) is 2. The van der Waals surface area contributed by atoms with E-state index in [0.717, 1.165) is 18.4 Å². The van der Waals surface area contributed by atoms with E-state index in [1.165, 1.54) is 13.8 Å². The lowest BCUT2D eigenvalue weighted by Crippen LogP contribution is -2.67. The maximum Gasteiger partial charge on any atom is 0.302 e. The first-order valence-electron chi connectivity index (χ1n) is 11.2. The number of carbonyl (C=O) groups is 2. The largest absolute Gasteiger partial charge is 0.462 e. The van der Waals surface area contributed by atoms with Crippen LogP contribution in [-0.2, 0) is 19.1 Å². The lowest BCUT2D eigenvalue weighted by molar-refractivity contribution is -0.225. The Balaban J connectivity index is 2.16. The van der Waals surface area contributed by atoms with Crippen molar-refractivity contribution in [2.45, 2.75) is 89.9 Å². The summed E-state index contributed by atoms with van der Waals surface area (Å²) in [6.45, 7) is 15.7. The molecule has 5 nitrogen and oxygen atoms in total. The number of halogens is 1. The first-order chi connectivity index (χ1) is 13.8. The molecule has 170 valence electrons. The Kier molecular flexibility index (Phi) is 6.53. The van der Waals surface area contributed by atoms with Crippen LogP contribution in [0, 0.1) is 35.0 Å². The van der Waals surface area contributed by atoms with E-state index in [0.29, 0.717) is 12.8 Å². The van der Waals surface area contributed by atoms with Crippen molar-refractivity contribution in [3.05, 3.63) is 12.2 Å². The standard InChI is InChI=1S/C24H37BrO5/c1-12(2)20-17(29-14(4)26)11-23(6,28)16-10-19(30-15(5)27)24(7)18(25)9-8-13(3)22(24)21(16)20/h12,16-22,28H,3,8-11H2,1-2,4-7H3. The average molecular weight is 485 g/mol. The molecule has 3 fully saturated rings. The van der Waals surface area contributed by atoms with Crippen molar-refractivity contribution in [1.29, 1.82) is 0 Å². The predicted molar refractivity (Wildman–Crippen MR) is 119 cm³/mol. The summed E-state index contributed by atoms with van der Waals surface area (Å²) >= 11 is 3.92. The Morgan fingerprint density at radius 2 is 1.80 bits per heavy atom. The number of alkyl halides is 1. The van der Waals surface area contributed by atoms with Crippen molar-refractivity contribution in [2.24, 2.45) is 35.0 Å². The van der Waals surface area contributed by atoms with Gasteiger partial charge in [-0.15, -0.1) is 0 Å². The molecular formula is C24H37BrO5. The second-order valence-electron chi connectivity index (χ2n) is 10.6. The van der Waals surface area contributed by atoms with E-state index >= 15 is 0 Å². The van der Waals surface area contributed by atoms with Crippen LogP contribution in [-0.4, -0.2) is 39.7 Å². The molecule has 0 aromatic carbocycles. The lowest BCUT2D eigenvalue weighted by Gasteiger charge is -2.64.